The van der Waals surface area contributed by atoms with Gasteiger partial charge in [0.05, 0.1) is 14.2 Å². The molecule has 0 aromatic heterocycles. The molecule has 0 bridgehead atoms. The Bertz CT molecular complexity index is 474. The Morgan fingerprint density at radius 1 is 1.19 bits per heavy atom. The molecule has 0 amide bonds. The second-order valence-corrected chi connectivity index (χ2v) is 6.13. The van der Waals surface area contributed by atoms with Crippen molar-refractivity contribution in [3.05, 3.63) is 23.3 Å². The molecule has 0 spiro atoms. The van der Waals surface area contributed by atoms with E-state index in [0.717, 1.165) is 24.6 Å². The maximum atomic E-state index is 5.43. The van der Waals surface area contributed by atoms with Crippen molar-refractivity contribution in [1.29, 1.82) is 0 Å². The number of benzene rings is 1. The van der Waals surface area contributed by atoms with Gasteiger partial charge < -0.3 is 14.4 Å². The van der Waals surface area contributed by atoms with Crippen LogP contribution in [0.25, 0.3) is 0 Å². The summed E-state index contributed by atoms with van der Waals surface area (Å²) in [7, 11) is 7.73. The van der Waals surface area contributed by atoms with Crippen molar-refractivity contribution < 1.29 is 9.47 Å². The molecule has 0 aliphatic carbocycles. The van der Waals surface area contributed by atoms with Gasteiger partial charge >= 0.3 is 0 Å². The number of likely N-dealkylation sites (N-methyl/N-ethyl adjacent to an activating group) is 1. The molecule has 1 heterocycles. The SMILES string of the molecule is COc1cc(C)c(CN2CCCC(N(C)C)C2)cc1OC. The van der Waals surface area contributed by atoms with Gasteiger partial charge in [-0.2, -0.15) is 0 Å². The van der Waals surface area contributed by atoms with Crippen molar-refractivity contribution in [2.75, 3.05) is 41.4 Å². The maximum Gasteiger partial charge on any atom is 0.161 e. The van der Waals surface area contributed by atoms with Crippen molar-refractivity contribution in [2.45, 2.75) is 32.4 Å². The Hall–Kier alpha value is -1.26. The zero-order chi connectivity index (χ0) is 15.4. The summed E-state index contributed by atoms with van der Waals surface area (Å²) in [4.78, 5) is 4.88. The van der Waals surface area contributed by atoms with Crippen LogP contribution in [-0.2, 0) is 6.54 Å². The van der Waals surface area contributed by atoms with Crippen molar-refractivity contribution in [1.82, 2.24) is 9.80 Å². The van der Waals surface area contributed by atoms with Crippen LogP contribution in [0.3, 0.4) is 0 Å². The van der Waals surface area contributed by atoms with Gasteiger partial charge in [0.25, 0.3) is 0 Å². The molecular weight excluding hydrogens is 264 g/mol. The van der Waals surface area contributed by atoms with Gasteiger partial charge in [-0.15, -0.1) is 0 Å². The summed E-state index contributed by atoms with van der Waals surface area (Å²) in [6.45, 7) is 5.44. The largest absolute Gasteiger partial charge is 0.493 e. The molecule has 1 aliphatic heterocycles. The number of piperidine rings is 1. The van der Waals surface area contributed by atoms with E-state index in [4.69, 9.17) is 9.47 Å². The minimum atomic E-state index is 0.666. The zero-order valence-corrected chi connectivity index (χ0v) is 14.0. The number of hydrogen-bond acceptors (Lipinski definition) is 4. The molecule has 1 aromatic carbocycles. The highest BCUT2D eigenvalue weighted by Gasteiger charge is 2.22. The molecule has 2 rings (SSSR count). The van der Waals surface area contributed by atoms with Crippen LogP contribution in [0.5, 0.6) is 11.5 Å². The molecule has 0 radical (unpaired) electrons. The van der Waals surface area contributed by atoms with Crippen LogP contribution in [-0.4, -0.2) is 57.2 Å². The van der Waals surface area contributed by atoms with Gasteiger partial charge in [0.1, 0.15) is 0 Å². The Morgan fingerprint density at radius 2 is 1.86 bits per heavy atom. The van der Waals surface area contributed by atoms with Crippen LogP contribution >= 0.6 is 0 Å². The van der Waals surface area contributed by atoms with Gasteiger partial charge in [0, 0.05) is 19.1 Å². The third-order valence-electron chi connectivity index (χ3n) is 4.45. The molecule has 4 nitrogen and oxygen atoms in total. The summed E-state index contributed by atoms with van der Waals surface area (Å²) in [5.41, 5.74) is 2.59. The number of hydrogen-bond donors (Lipinski definition) is 0. The van der Waals surface area contributed by atoms with E-state index >= 15 is 0 Å². The fraction of sp³-hybridized carbons (Fsp3) is 0.647. The lowest BCUT2D eigenvalue weighted by Gasteiger charge is -2.36. The maximum absolute atomic E-state index is 5.43. The fourth-order valence-corrected chi connectivity index (χ4v) is 3.03. The summed E-state index contributed by atoms with van der Waals surface area (Å²) < 4.78 is 10.8. The molecule has 4 heteroatoms. The van der Waals surface area contributed by atoms with E-state index in [9.17, 15) is 0 Å². The van der Waals surface area contributed by atoms with Gasteiger partial charge in [-0.05, 0) is 63.7 Å². The van der Waals surface area contributed by atoms with Crippen molar-refractivity contribution >= 4 is 0 Å². The fourth-order valence-electron chi connectivity index (χ4n) is 3.03. The molecule has 1 aliphatic rings. The predicted octanol–water partition coefficient (Wildman–Crippen LogP) is 2.54. The molecule has 0 saturated carbocycles. The van der Waals surface area contributed by atoms with E-state index in [-0.39, 0.29) is 0 Å². The Balaban J connectivity index is 2.12. The van der Waals surface area contributed by atoms with E-state index in [1.807, 2.05) is 0 Å². The lowest BCUT2D eigenvalue weighted by molar-refractivity contribution is 0.127. The highest BCUT2D eigenvalue weighted by Crippen LogP contribution is 2.31. The lowest BCUT2D eigenvalue weighted by atomic mass is 10.0. The first-order valence-corrected chi connectivity index (χ1v) is 7.65. The average Bonchev–Trinajstić information content (AvgIpc) is 2.49. The molecule has 0 N–H and O–H groups in total. The van der Waals surface area contributed by atoms with Gasteiger partial charge in [-0.25, -0.2) is 0 Å². The van der Waals surface area contributed by atoms with Gasteiger partial charge in [0.15, 0.2) is 11.5 Å². The Kier molecular flexibility index (Phi) is 5.48. The number of rotatable bonds is 5. The molecular formula is C17H28N2O2. The van der Waals surface area contributed by atoms with Gasteiger partial charge in [-0.1, -0.05) is 0 Å². The van der Waals surface area contributed by atoms with Crippen molar-refractivity contribution in [3.8, 4) is 11.5 Å². The highest BCUT2D eigenvalue weighted by atomic mass is 16.5. The van der Waals surface area contributed by atoms with Crippen LogP contribution in [0.4, 0.5) is 0 Å². The van der Waals surface area contributed by atoms with Crippen molar-refractivity contribution in [3.63, 3.8) is 0 Å². The van der Waals surface area contributed by atoms with Crippen LogP contribution < -0.4 is 9.47 Å². The van der Waals surface area contributed by atoms with Crippen LogP contribution in [0.15, 0.2) is 12.1 Å². The first-order valence-electron chi connectivity index (χ1n) is 7.65. The number of methoxy groups -OCH3 is 2. The topological polar surface area (TPSA) is 24.9 Å². The predicted molar refractivity (Wildman–Crippen MR) is 86.3 cm³/mol. The number of aryl methyl sites for hydroxylation is 1. The van der Waals surface area contributed by atoms with Gasteiger partial charge in [0.2, 0.25) is 0 Å². The monoisotopic (exact) mass is 292 g/mol. The second-order valence-electron chi connectivity index (χ2n) is 6.13. The first kappa shape index (κ1) is 16.1. The quantitative estimate of drug-likeness (QED) is 0.832. The van der Waals surface area contributed by atoms with E-state index in [2.05, 4.69) is 43.0 Å². The zero-order valence-electron chi connectivity index (χ0n) is 14.0. The Labute approximate surface area is 128 Å². The summed E-state index contributed by atoms with van der Waals surface area (Å²) in [5.74, 6) is 1.63. The third-order valence-corrected chi connectivity index (χ3v) is 4.45. The summed E-state index contributed by atoms with van der Waals surface area (Å²) in [5, 5.41) is 0. The van der Waals surface area contributed by atoms with Crippen LogP contribution in [0, 0.1) is 6.92 Å². The number of ether oxygens (including phenoxy) is 2. The van der Waals surface area contributed by atoms with Gasteiger partial charge in [-0.3, -0.25) is 4.90 Å². The van der Waals surface area contributed by atoms with E-state index in [1.165, 1.54) is 30.5 Å². The Morgan fingerprint density at radius 3 is 2.48 bits per heavy atom. The number of likely N-dealkylation sites (tertiary alicyclic amines) is 1. The molecule has 1 atom stereocenters. The molecule has 21 heavy (non-hydrogen) atoms. The molecule has 1 fully saturated rings. The molecule has 118 valence electrons. The normalized spacial score (nSPS) is 19.8. The van der Waals surface area contributed by atoms with Crippen molar-refractivity contribution in [2.24, 2.45) is 0 Å². The number of nitrogens with zero attached hydrogens (tertiary/aromatic N) is 2. The minimum Gasteiger partial charge on any atom is -0.493 e. The molecule has 1 saturated heterocycles. The summed E-state index contributed by atoms with van der Waals surface area (Å²) >= 11 is 0. The average molecular weight is 292 g/mol. The van der Waals surface area contributed by atoms with E-state index < -0.39 is 0 Å². The lowest BCUT2D eigenvalue weighted by Crippen LogP contribution is -2.44. The van der Waals surface area contributed by atoms with Crippen LogP contribution in [0.2, 0.25) is 0 Å². The summed E-state index contributed by atoms with van der Waals surface area (Å²) in [6, 6.07) is 4.86. The smallest absolute Gasteiger partial charge is 0.161 e. The second kappa shape index (κ2) is 7.14. The minimum absolute atomic E-state index is 0.666. The standard InChI is InChI=1S/C17H28N2O2/c1-13-9-16(20-4)17(21-5)10-14(13)11-19-8-6-7-15(12-19)18(2)3/h9-10,15H,6-8,11-12H2,1-5H3. The van der Waals surface area contributed by atoms with E-state index in [0.29, 0.717) is 6.04 Å². The van der Waals surface area contributed by atoms with Crippen LogP contribution in [0.1, 0.15) is 24.0 Å². The first-order chi connectivity index (χ1) is 10.0. The van der Waals surface area contributed by atoms with E-state index in [1.54, 1.807) is 14.2 Å². The molecule has 1 unspecified atom stereocenters. The summed E-state index contributed by atoms with van der Waals surface area (Å²) in [6.07, 6.45) is 2.57. The molecule has 1 aromatic rings. The third kappa shape index (κ3) is 3.89. The highest BCUT2D eigenvalue weighted by molar-refractivity contribution is 5.47.